The predicted molar refractivity (Wildman–Crippen MR) is 52.5 cm³/mol. The van der Waals surface area contributed by atoms with Gasteiger partial charge in [0.1, 0.15) is 0 Å². The van der Waals surface area contributed by atoms with E-state index < -0.39 is 0 Å². The minimum absolute atomic E-state index is 0.883. The summed E-state index contributed by atoms with van der Waals surface area (Å²) in [5.41, 5.74) is 0. The second-order valence-electron chi connectivity index (χ2n) is 2.46. The first kappa shape index (κ1) is 8.79. The SMILES string of the molecule is CC[CH]CC1SCCCS1. The summed E-state index contributed by atoms with van der Waals surface area (Å²) in [6, 6.07) is 0. The summed E-state index contributed by atoms with van der Waals surface area (Å²) < 4.78 is 0.883. The smallest absolute Gasteiger partial charge is 0.0505 e. The standard InChI is InChI=1S/C8H15S2/c1-2-3-5-8-9-6-4-7-10-8/h3,8H,2,4-7H2,1H3. The Morgan fingerprint density at radius 1 is 1.40 bits per heavy atom. The van der Waals surface area contributed by atoms with Crippen molar-refractivity contribution in [2.75, 3.05) is 11.5 Å². The Morgan fingerprint density at radius 2 is 2.10 bits per heavy atom. The van der Waals surface area contributed by atoms with Crippen LogP contribution in [0.1, 0.15) is 26.2 Å². The molecule has 1 rings (SSSR count). The largest absolute Gasteiger partial charge is 0.148 e. The quantitative estimate of drug-likeness (QED) is 0.646. The van der Waals surface area contributed by atoms with Crippen LogP contribution < -0.4 is 0 Å². The molecule has 59 valence electrons. The predicted octanol–water partition coefficient (Wildman–Crippen LogP) is 3.19. The van der Waals surface area contributed by atoms with Crippen LogP contribution >= 0.6 is 23.5 Å². The first-order chi connectivity index (χ1) is 4.93. The van der Waals surface area contributed by atoms with E-state index in [9.17, 15) is 0 Å². The normalized spacial score (nSPS) is 21.3. The molecule has 0 spiro atoms. The van der Waals surface area contributed by atoms with Crippen LogP contribution in [-0.4, -0.2) is 16.1 Å². The van der Waals surface area contributed by atoms with Gasteiger partial charge in [-0.05, 0) is 30.8 Å². The van der Waals surface area contributed by atoms with Gasteiger partial charge in [-0.15, -0.1) is 23.5 Å². The molecular formula is C8H15S2. The van der Waals surface area contributed by atoms with Crippen LogP contribution in [-0.2, 0) is 0 Å². The van der Waals surface area contributed by atoms with E-state index >= 15 is 0 Å². The molecule has 1 saturated heterocycles. The van der Waals surface area contributed by atoms with Crippen molar-refractivity contribution < 1.29 is 0 Å². The van der Waals surface area contributed by atoms with Crippen LogP contribution in [0.4, 0.5) is 0 Å². The lowest BCUT2D eigenvalue weighted by atomic mass is 10.3. The van der Waals surface area contributed by atoms with Crippen LogP contribution in [0.3, 0.4) is 0 Å². The average Bonchev–Trinajstić information content (AvgIpc) is 2.03. The van der Waals surface area contributed by atoms with Gasteiger partial charge >= 0.3 is 0 Å². The number of thioether (sulfide) groups is 2. The highest BCUT2D eigenvalue weighted by molar-refractivity contribution is 8.17. The molecule has 0 aliphatic carbocycles. The molecule has 0 nitrogen and oxygen atoms in total. The molecule has 0 amide bonds. The molecule has 0 saturated carbocycles. The average molecular weight is 175 g/mol. The summed E-state index contributed by atoms with van der Waals surface area (Å²) in [5.74, 6) is 2.77. The van der Waals surface area contributed by atoms with E-state index in [-0.39, 0.29) is 0 Å². The Kier molecular flexibility index (Phi) is 4.72. The van der Waals surface area contributed by atoms with Gasteiger partial charge in [0.25, 0.3) is 0 Å². The first-order valence-corrected chi connectivity index (χ1v) is 6.08. The molecule has 1 aliphatic heterocycles. The lowest BCUT2D eigenvalue weighted by Crippen LogP contribution is -2.06. The van der Waals surface area contributed by atoms with Gasteiger partial charge in [0.2, 0.25) is 0 Å². The summed E-state index contributed by atoms with van der Waals surface area (Å²) in [7, 11) is 0. The zero-order valence-corrected chi connectivity index (χ0v) is 8.14. The van der Waals surface area contributed by atoms with Crippen molar-refractivity contribution in [1.29, 1.82) is 0 Å². The Balaban J connectivity index is 2.02. The summed E-state index contributed by atoms with van der Waals surface area (Å²) in [6.07, 6.45) is 6.36. The Hall–Kier alpha value is 0.700. The molecule has 0 aromatic carbocycles. The van der Waals surface area contributed by atoms with Crippen molar-refractivity contribution in [1.82, 2.24) is 0 Å². The van der Waals surface area contributed by atoms with Crippen LogP contribution in [0.5, 0.6) is 0 Å². The van der Waals surface area contributed by atoms with E-state index in [1.165, 1.54) is 30.8 Å². The molecule has 10 heavy (non-hydrogen) atoms. The topological polar surface area (TPSA) is 0 Å². The Labute approximate surface area is 72.5 Å². The molecule has 1 heterocycles. The van der Waals surface area contributed by atoms with Crippen molar-refractivity contribution >= 4 is 23.5 Å². The van der Waals surface area contributed by atoms with Crippen molar-refractivity contribution in [3.05, 3.63) is 6.42 Å². The van der Waals surface area contributed by atoms with E-state index in [1.54, 1.807) is 0 Å². The van der Waals surface area contributed by atoms with Gasteiger partial charge in [-0.2, -0.15) is 0 Å². The molecule has 0 unspecified atom stereocenters. The molecule has 0 N–H and O–H groups in total. The third-order valence-corrected chi connectivity index (χ3v) is 4.54. The number of hydrogen-bond donors (Lipinski definition) is 0. The summed E-state index contributed by atoms with van der Waals surface area (Å²) in [6.45, 7) is 2.22. The van der Waals surface area contributed by atoms with Crippen molar-refractivity contribution in [3.63, 3.8) is 0 Å². The van der Waals surface area contributed by atoms with Gasteiger partial charge in [0.15, 0.2) is 0 Å². The first-order valence-electron chi connectivity index (χ1n) is 3.98. The number of rotatable bonds is 3. The minimum Gasteiger partial charge on any atom is -0.148 e. The van der Waals surface area contributed by atoms with Gasteiger partial charge in [0.05, 0.1) is 4.58 Å². The highest BCUT2D eigenvalue weighted by Gasteiger charge is 2.12. The molecule has 1 fully saturated rings. The van der Waals surface area contributed by atoms with Gasteiger partial charge in [-0.25, -0.2) is 0 Å². The van der Waals surface area contributed by atoms with Gasteiger partial charge in [0, 0.05) is 0 Å². The molecule has 0 atom stereocenters. The molecule has 0 aromatic heterocycles. The fraction of sp³-hybridized carbons (Fsp3) is 0.875. The zero-order chi connectivity index (χ0) is 7.23. The maximum Gasteiger partial charge on any atom is 0.0505 e. The summed E-state index contributed by atoms with van der Waals surface area (Å²) in [5, 5.41) is 0. The Morgan fingerprint density at radius 3 is 2.70 bits per heavy atom. The van der Waals surface area contributed by atoms with Gasteiger partial charge < -0.3 is 0 Å². The molecular weight excluding hydrogens is 160 g/mol. The fourth-order valence-corrected chi connectivity index (χ4v) is 3.81. The second-order valence-corrected chi connectivity index (χ2v) is 5.38. The lowest BCUT2D eigenvalue weighted by molar-refractivity contribution is 0.945. The van der Waals surface area contributed by atoms with Crippen LogP contribution in [0.15, 0.2) is 0 Å². The van der Waals surface area contributed by atoms with E-state index in [1.807, 2.05) is 0 Å². The van der Waals surface area contributed by atoms with Crippen LogP contribution in [0.25, 0.3) is 0 Å². The molecule has 1 radical (unpaired) electrons. The minimum atomic E-state index is 0.883. The molecule has 0 bridgehead atoms. The van der Waals surface area contributed by atoms with Crippen molar-refractivity contribution in [3.8, 4) is 0 Å². The maximum absolute atomic E-state index is 2.40. The third kappa shape index (κ3) is 3.20. The van der Waals surface area contributed by atoms with E-state index in [0.29, 0.717) is 0 Å². The van der Waals surface area contributed by atoms with E-state index in [2.05, 4.69) is 36.9 Å². The number of hydrogen-bond acceptors (Lipinski definition) is 2. The van der Waals surface area contributed by atoms with E-state index in [4.69, 9.17) is 0 Å². The third-order valence-electron chi connectivity index (χ3n) is 1.54. The monoisotopic (exact) mass is 175 g/mol. The zero-order valence-electron chi connectivity index (χ0n) is 6.51. The summed E-state index contributed by atoms with van der Waals surface area (Å²) >= 11 is 4.27. The van der Waals surface area contributed by atoms with Gasteiger partial charge in [-0.3, -0.25) is 0 Å². The molecule has 2 heteroatoms. The fourth-order valence-electron chi connectivity index (χ4n) is 0.975. The maximum atomic E-state index is 2.40. The van der Waals surface area contributed by atoms with Crippen LogP contribution in [0.2, 0.25) is 0 Å². The highest BCUT2D eigenvalue weighted by atomic mass is 32.2. The van der Waals surface area contributed by atoms with Crippen molar-refractivity contribution in [2.24, 2.45) is 0 Å². The molecule has 1 aliphatic rings. The second kappa shape index (κ2) is 5.36. The highest BCUT2D eigenvalue weighted by Crippen LogP contribution is 2.33. The summed E-state index contributed by atoms with van der Waals surface area (Å²) in [4.78, 5) is 0. The van der Waals surface area contributed by atoms with E-state index in [0.717, 1.165) is 4.58 Å². The van der Waals surface area contributed by atoms with Crippen molar-refractivity contribution in [2.45, 2.75) is 30.8 Å². The lowest BCUT2D eigenvalue weighted by Gasteiger charge is -2.19. The number of unbranched alkanes of at least 4 members (excludes halogenated alkanes) is 1. The van der Waals surface area contributed by atoms with Crippen LogP contribution in [0, 0.1) is 6.42 Å². The molecule has 0 aromatic rings. The van der Waals surface area contributed by atoms with Gasteiger partial charge in [-0.1, -0.05) is 13.3 Å². The Bertz CT molecular complexity index is 77.3.